The van der Waals surface area contributed by atoms with Crippen molar-refractivity contribution < 1.29 is 19.1 Å². The summed E-state index contributed by atoms with van der Waals surface area (Å²) in [5.74, 6) is -1.44. The quantitative estimate of drug-likeness (QED) is 0.621. The molecule has 0 saturated carbocycles. The number of nitrogens with zero attached hydrogens (tertiary/aromatic N) is 2. The van der Waals surface area contributed by atoms with E-state index >= 15 is 0 Å². The normalized spacial score (nSPS) is 10.4. The minimum Gasteiger partial charge on any atom is -0.456 e. The predicted molar refractivity (Wildman–Crippen MR) is 106 cm³/mol. The van der Waals surface area contributed by atoms with E-state index in [0.29, 0.717) is 10.8 Å². The predicted octanol–water partition coefficient (Wildman–Crippen LogP) is 3.13. The lowest BCUT2D eigenvalue weighted by atomic mass is 10.1. The second kappa shape index (κ2) is 9.56. The molecule has 10 heteroatoms. The van der Waals surface area contributed by atoms with Crippen LogP contribution >= 0.6 is 27.3 Å². The van der Waals surface area contributed by atoms with E-state index in [9.17, 15) is 14.4 Å². The van der Waals surface area contributed by atoms with Gasteiger partial charge in [-0.15, -0.1) is 10.2 Å². The smallest absolute Gasteiger partial charge is 0.306 e. The Kier molecular flexibility index (Phi) is 7.43. The summed E-state index contributed by atoms with van der Waals surface area (Å²) in [7, 11) is 0. The van der Waals surface area contributed by atoms with E-state index in [1.807, 2.05) is 26.0 Å². The zero-order chi connectivity index (χ0) is 20.0. The number of benzene rings is 1. The number of nitrogens with one attached hydrogen (secondary N) is 2. The fourth-order valence-corrected chi connectivity index (χ4v) is 3.13. The lowest BCUT2D eigenvalue weighted by Crippen LogP contribution is -2.22. The largest absolute Gasteiger partial charge is 0.456 e. The number of esters is 1. The van der Waals surface area contributed by atoms with Crippen molar-refractivity contribution in [3.05, 3.63) is 32.7 Å². The molecule has 0 aliphatic rings. The standard InChI is InChI=1S/C17H19BrN4O4S/c1-9-7-13(10(2)6-12(9)18)19-15(24)8-26-16(25)5-4-14(23)20-17-22-21-11(3)27-17/h6-7H,4-5,8H2,1-3H3,(H,19,24)(H,20,22,23). The molecule has 8 nitrogen and oxygen atoms in total. The molecule has 0 aliphatic heterocycles. The van der Waals surface area contributed by atoms with E-state index in [0.717, 1.165) is 20.6 Å². The molecular weight excluding hydrogens is 436 g/mol. The molecule has 0 saturated heterocycles. The van der Waals surface area contributed by atoms with Gasteiger partial charge in [-0.1, -0.05) is 27.3 Å². The average Bonchev–Trinajstić information content (AvgIpc) is 3.00. The fourth-order valence-electron chi connectivity index (χ4n) is 2.06. The van der Waals surface area contributed by atoms with Crippen molar-refractivity contribution in [3.63, 3.8) is 0 Å². The Balaban J connectivity index is 1.72. The highest BCUT2D eigenvalue weighted by Crippen LogP contribution is 2.24. The topological polar surface area (TPSA) is 110 Å². The van der Waals surface area contributed by atoms with Crippen LogP contribution in [0.15, 0.2) is 16.6 Å². The third kappa shape index (κ3) is 6.72. The molecule has 2 N–H and O–H groups in total. The molecule has 1 aromatic carbocycles. The first-order chi connectivity index (χ1) is 12.7. The van der Waals surface area contributed by atoms with Crippen molar-refractivity contribution in [3.8, 4) is 0 Å². The lowest BCUT2D eigenvalue weighted by Gasteiger charge is -2.11. The molecule has 2 rings (SSSR count). The summed E-state index contributed by atoms with van der Waals surface area (Å²) in [6.07, 6.45) is -0.197. The van der Waals surface area contributed by atoms with Gasteiger partial charge in [-0.25, -0.2) is 0 Å². The molecule has 0 spiro atoms. The Morgan fingerprint density at radius 3 is 2.44 bits per heavy atom. The molecule has 0 radical (unpaired) electrons. The minimum atomic E-state index is -0.627. The van der Waals surface area contributed by atoms with E-state index in [-0.39, 0.29) is 18.7 Å². The van der Waals surface area contributed by atoms with E-state index in [4.69, 9.17) is 4.74 Å². The van der Waals surface area contributed by atoms with Crippen molar-refractivity contribution in [1.82, 2.24) is 10.2 Å². The first-order valence-corrected chi connectivity index (χ1v) is 9.67. The molecule has 144 valence electrons. The number of carbonyl (C=O) groups is 3. The average molecular weight is 455 g/mol. The summed E-state index contributed by atoms with van der Waals surface area (Å²) < 4.78 is 5.86. The molecule has 0 aliphatic carbocycles. The first-order valence-electron chi connectivity index (χ1n) is 8.06. The van der Waals surface area contributed by atoms with Gasteiger partial charge >= 0.3 is 5.97 Å². The second-order valence-electron chi connectivity index (χ2n) is 5.80. The highest BCUT2D eigenvalue weighted by atomic mass is 79.9. The maximum atomic E-state index is 12.0. The molecule has 1 heterocycles. The Labute approximate surface area is 168 Å². The van der Waals surface area contributed by atoms with Crippen molar-refractivity contribution in [2.24, 2.45) is 0 Å². The number of ether oxygens (including phenoxy) is 1. The van der Waals surface area contributed by atoms with Gasteiger partial charge in [0.25, 0.3) is 5.91 Å². The van der Waals surface area contributed by atoms with Gasteiger partial charge in [0.1, 0.15) is 5.01 Å². The van der Waals surface area contributed by atoms with Crippen LogP contribution in [-0.4, -0.2) is 34.6 Å². The van der Waals surface area contributed by atoms with Crippen LogP contribution in [0.3, 0.4) is 0 Å². The highest BCUT2D eigenvalue weighted by Gasteiger charge is 2.13. The van der Waals surface area contributed by atoms with Gasteiger partial charge in [-0.2, -0.15) is 0 Å². The SMILES string of the molecule is Cc1nnc(NC(=O)CCC(=O)OCC(=O)Nc2cc(C)c(Br)cc2C)s1. The summed E-state index contributed by atoms with van der Waals surface area (Å²) in [5, 5.41) is 13.9. The molecule has 0 unspecified atom stereocenters. The first kappa shape index (κ1) is 21.0. The number of amides is 2. The number of rotatable bonds is 7. The molecule has 27 heavy (non-hydrogen) atoms. The van der Waals surface area contributed by atoms with Gasteiger partial charge in [0.2, 0.25) is 11.0 Å². The molecule has 0 fully saturated rings. The van der Waals surface area contributed by atoms with E-state index in [1.165, 1.54) is 11.3 Å². The van der Waals surface area contributed by atoms with Crippen LogP contribution < -0.4 is 10.6 Å². The highest BCUT2D eigenvalue weighted by molar-refractivity contribution is 9.10. The number of anilines is 2. The summed E-state index contributed by atoms with van der Waals surface area (Å²) in [4.78, 5) is 35.4. The molecule has 1 aromatic heterocycles. The molecule has 0 bridgehead atoms. The monoisotopic (exact) mass is 454 g/mol. The number of aryl methyl sites for hydroxylation is 3. The lowest BCUT2D eigenvalue weighted by molar-refractivity contribution is -0.147. The maximum Gasteiger partial charge on any atom is 0.306 e. The zero-order valence-electron chi connectivity index (χ0n) is 15.1. The molecular formula is C17H19BrN4O4S. The van der Waals surface area contributed by atoms with Crippen molar-refractivity contribution in [2.75, 3.05) is 17.2 Å². The van der Waals surface area contributed by atoms with Gasteiger partial charge in [-0.05, 0) is 44.0 Å². The van der Waals surface area contributed by atoms with Crippen molar-refractivity contribution >= 4 is 55.9 Å². The van der Waals surface area contributed by atoms with Crippen LogP contribution in [0, 0.1) is 20.8 Å². The summed E-state index contributed by atoms with van der Waals surface area (Å²) in [6.45, 7) is 5.13. The van der Waals surface area contributed by atoms with E-state index in [1.54, 1.807) is 6.92 Å². The Hall–Kier alpha value is -2.33. The number of halogens is 1. The van der Waals surface area contributed by atoms with Crippen LogP contribution in [-0.2, 0) is 19.1 Å². The second-order valence-corrected chi connectivity index (χ2v) is 7.84. The summed E-state index contributed by atoms with van der Waals surface area (Å²) >= 11 is 4.67. The van der Waals surface area contributed by atoms with Crippen LogP contribution in [0.5, 0.6) is 0 Å². The van der Waals surface area contributed by atoms with Crippen molar-refractivity contribution in [1.29, 1.82) is 0 Å². The third-order valence-corrected chi connectivity index (χ3v) is 5.08. The summed E-state index contributed by atoms with van der Waals surface area (Å²) in [5.41, 5.74) is 2.52. The van der Waals surface area contributed by atoms with Crippen LogP contribution in [0.25, 0.3) is 0 Å². The molecule has 2 amide bonds. The molecule has 0 atom stereocenters. The Morgan fingerprint density at radius 2 is 1.78 bits per heavy atom. The fraction of sp³-hybridized carbons (Fsp3) is 0.353. The van der Waals surface area contributed by atoms with Crippen LogP contribution in [0.4, 0.5) is 10.8 Å². The zero-order valence-corrected chi connectivity index (χ0v) is 17.5. The number of hydrogen-bond donors (Lipinski definition) is 2. The Morgan fingerprint density at radius 1 is 1.04 bits per heavy atom. The van der Waals surface area contributed by atoms with Gasteiger partial charge in [0, 0.05) is 16.6 Å². The minimum absolute atomic E-state index is 0.0654. The number of hydrogen-bond acceptors (Lipinski definition) is 7. The van der Waals surface area contributed by atoms with Crippen LogP contribution in [0.2, 0.25) is 0 Å². The van der Waals surface area contributed by atoms with Crippen LogP contribution in [0.1, 0.15) is 29.0 Å². The Bertz CT molecular complexity index is 869. The summed E-state index contributed by atoms with van der Waals surface area (Å²) in [6, 6.07) is 3.73. The van der Waals surface area contributed by atoms with E-state index in [2.05, 4.69) is 36.8 Å². The maximum absolute atomic E-state index is 12.0. The number of carbonyl (C=O) groups excluding carboxylic acids is 3. The molecule has 2 aromatic rings. The number of aromatic nitrogens is 2. The van der Waals surface area contributed by atoms with Gasteiger partial charge in [0.05, 0.1) is 6.42 Å². The van der Waals surface area contributed by atoms with Gasteiger partial charge < -0.3 is 15.4 Å². The van der Waals surface area contributed by atoms with Crippen molar-refractivity contribution in [2.45, 2.75) is 33.6 Å². The van der Waals surface area contributed by atoms with E-state index < -0.39 is 18.5 Å². The van der Waals surface area contributed by atoms with Gasteiger partial charge in [-0.3, -0.25) is 14.4 Å². The van der Waals surface area contributed by atoms with Gasteiger partial charge in [0.15, 0.2) is 6.61 Å². The third-order valence-electron chi connectivity index (χ3n) is 3.47.